The lowest BCUT2D eigenvalue weighted by Crippen LogP contribution is -2.50. The number of carbonyl (C=O) groups is 2. The minimum atomic E-state index is -0.539. The molecule has 1 aliphatic carbocycles. The predicted molar refractivity (Wildman–Crippen MR) is 134 cm³/mol. The van der Waals surface area contributed by atoms with E-state index in [9.17, 15) is 9.59 Å². The van der Waals surface area contributed by atoms with Gasteiger partial charge in [0.25, 0.3) is 0 Å². The van der Waals surface area contributed by atoms with Crippen molar-refractivity contribution in [3.8, 4) is 5.75 Å². The molecule has 0 heterocycles. The molecule has 3 rings (SSSR count). The molecule has 0 unspecified atom stereocenters. The summed E-state index contributed by atoms with van der Waals surface area (Å²) in [6.45, 7) is 2.19. The zero-order chi connectivity index (χ0) is 22.9. The minimum absolute atomic E-state index is 0.0380. The van der Waals surface area contributed by atoms with Crippen molar-refractivity contribution >= 4 is 39.5 Å². The molecule has 1 saturated carbocycles. The predicted octanol–water partition coefficient (Wildman–Crippen LogP) is 5.17. The third kappa shape index (κ3) is 7.27. The van der Waals surface area contributed by atoms with Gasteiger partial charge in [-0.15, -0.1) is 11.8 Å². The zero-order valence-corrected chi connectivity index (χ0v) is 21.1. The normalized spacial score (nSPS) is 14.7. The number of nitrogens with one attached hydrogen (secondary N) is 1. The monoisotopic (exact) mass is 518 g/mol. The molecule has 0 radical (unpaired) electrons. The molecule has 0 spiro atoms. The number of halogens is 1. The maximum Gasteiger partial charge on any atom is 0.242 e. The molecule has 1 N–H and O–H groups in total. The molecule has 172 valence electrons. The summed E-state index contributed by atoms with van der Waals surface area (Å²) >= 11 is 5.01. The lowest BCUT2D eigenvalue weighted by molar-refractivity contribution is -0.138. The zero-order valence-electron chi connectivity index (χ0n) is 18.7. The molecule has 1 aliphatic rings. The molecule has 0 aliphatic heterocycles. The number of rotatable bonds is 10. The summed E-state index contributed by atoms with van der Waals surface area (Å²) < 4.78 is 6.36. The second kappa shape index (κ2) is 12.3. The first-order valence-corrected chi connectivity index (χ1v) is 13.0. The molecule has 0 aromatic heterocycles. The average Bonchev–Trinajstić information content (AvgIpc) is 3.31. The van der Waals surface area contributed by atoms with Crippen molar-refractivity contribution in [2.45, 2.75) is 57.0 Å². The number of thioether (sulfide) groups is 1. The van der Waals surface area contributed by atoms with Crippen LogP contribution in [0.15, 0.2) is 53.0 Å². The number of ether oxygens (including phenoxy) is 1. The van der Waals surface area contributed by atoms with Crippen molar-refractivity contribution in [2.75, 3.05) is 12.9 Å². The Morgan fingerprint density at radius 3 is 2.56 bits per heavy atom. The van der Waals surface area contributed by atoms with Crippen molar-refractivity contribution in [2.24, 2.45) is 0 Å². The SMILES string of the molecule is COc1cccc(CN(C(=O)CSCc2ccc(Br)cc2)[C@H](C)C(=O)NC2CCCC2)c1. The molecule has 1 fully saturated rings. The number of carbonyl (C=O) groups excluding carboxylic acids is 2. The van der Waals surface area contributed by atoms with Crippen LogP contribution in [0.3, 0.4) is 0 Å². The van der Waals surface area contributed by atoms with Crippen molar-refractivity contribution in [3.63, 3.8) is 0 Å². The van der Waals surface area contributed by atoms with Crippen molar-refractivity contribution < 1.29 is 14.3 Å². The van der Waals surface area contributed by atoms with E-state index in [4.69, 9.17) is 4.74 Å². The molecule has 2 amide bonds. The van der Waals surface area contributed by atoms with E-state index in [0.29, 0.717) is 12.3 Å². The second-order valence-electron chi connectivity index (χ2n) is 8.16. The highest BCUT2D eigenvalue weighted by molar-refractivity contribution is 9.10. The molecule has 0 saturated heterocycles. The van der Waals surface area contributed by atoms with E-state index in [-0.39, 0.29) is 17.9 Å². The summed E-state index contributed by atoms with van der Waals surface area (Å²) in [6.07, 6.45) is 4.34. The van der Waals surface area contributed by atoms with Gasteiger partial charge >= 0.3 is 0 Å². The van der Waals surface area contributed by atoms with Crippen LogP contribution in [-0.2, 0) is 21.9 Å². The van der Waals surface area contributed by atoms with Gasteiger partial charge in [-0.2, -0.15) is 0 Å². The molecule has 7 heteroatoms. The van der Waals surface area contributed by atoms with Crippen LogP contribution in [0.1, 0.15) is 43.7 Å². The fraction of sp³-hybridized carbons (Fsp3) is 0.440. The Morgan fingerprint density at radius 2 is 1.88 bits per heavy atom. The lowest BCUT2D eigenvalue weighted by atomic mass is 10.1. The van der Waals surface area contributed by atoms with E-state index in [1.54, 1.807) is 23.8 Å². The van der Waals surface area contributed by atoms with Gasteiger partial charge in [-0.05, 0) is 55.2 Å². The van der Waals surface area contributed by atoms with Gasteiger partial charge in [-0.3, -0.25) is 9.59 Å². The van der Waals surface area contributed by atoms with Crippen LogP contribution in [0.5, 0.6) is 5.75 Å². The van der Waals surface area contributed by atoms with Crippen LogP contribution in [0.4, 0.5) is 0 Å². The average molecular weight is 520 g/mol. The van der Waals surface area contributed by atoms with Gasteiger partial charge < -0.3 is 15.0 Å². The quantitative estimate of drug-likeness (QED) is 0.471. The topological polar surface area (TPSA) is 58.6 Å². The molecule has 5 nitrogen and oxygen atoms in total. The standard InChI is InChI=1S/C25H31BrN2O3S/c1-18(25(30)27-22-7-3-4-8-22)28(15-20-6-5-9-23(14-20)31-2)24(29)17-32-16-19-10-12-21(26)13-11-19/h5-6,9-14,18,22H,3-4,7-8,15-17H2,1-2H3,(H,27,30)/t18-/m1/s1. The Kier molecular flexibility index (Phi) is 9.48. The highest BCUT2D eigenvalue weighted by Gasteiger charge is 2.28. The van der Waals surface area contributed by atoms with Crippen LogP contribution in [0, 0.1) is 0 Å². The first-order valence-electron chi connectivity index (χ1n) is 11.0. The van der Waals surface area contributed by atoms with E-state index >= 15 is 0 Å². The van der Waals surface area contributed by atoms with Crippen LogP contribution < -0.4 is 10.1 Å². The summed E-state index contributed by atoms with van der Waals surface area (Å²) in [5.41, 5.74) is 2.11. The number of amides is 2. The molecule has 1 atom stereocenters. The van der Waals surface area contributed by atoms with Crippen molar-refractivity contribution in [1.29, 1.82) is 0 Å². The van der Waals surface area contributed by atoms with Gasteiger partial charge in [0, 0.05) is 22.8 Å². The van der Waals surface area contributed by atoms with Gasteiger partial charge in [0.05, 0.1) is 12.9 Å². The number of methoxy groups -OCH3 is 1. The molecule has 0 bridgehead atoms. The third-order valence-corrected chi connectivity index (χ3v) is 7.28. The summed E-state index contributed by atoms with van der Waals surface area (Å²) in [5, 5.41) is 3.14. The fourth-order valence-electron chi connectivity index (χ4n) is 3.86. The van der Waals surface area contributed by atoms with Gasteiger partial charge in [0.15, 0.2) is 0 Å². The maximum atomic E-state index is 13.2. The summed E-state index contributed by atoms with van der Waals surface area (Å²) in [6, 6.07) is 15.4. The summed E-state index contributed by atoms with van der Waals surface area (Å²) in [5.74, 6) is 1.69. The van der Waals surface area contributed by atoms with Crippen molar-refractivity contribution in [1.82, 2.24) is 10.2 Å². The van der Waals surface area contributed by atoms with E-state index in [0.717, 1.165) is 52.8 Å². The van der Waals surface area contributed by atoms with E-state index in [2.05, 4.69) is 21.2 Å². The van der Waals surface area contributed by atoms with E-state index < -0.39 is 6.04 Å². The highest BCUT2D eigenvalue weighted by atomic mass is 79.9. The molecule has 2 aromatic rings. The molecule has 2 aromatic carbocycles. The summed E-state index contributed by atoms with van der Waals surface area (Å²) in [7, 11) is 1.62. The number of hydrogen-bond donors (Lipinski definition) is 1. The third-order valence-electron chi connectivity index (χ3n) is 5.76. The van der Waals surface area contributed by atoms with Crippen molar-refractivity contribution in [3.05, 3.63) is 64.1 Å². The Labute approximate surface area is 203 Å². The fourth-order valence-corrected chi connectivity index (χ4v) is 5.00. The van der Waals surface area contributed by atoms with E-state index in [1.165, 1.54) is 0 Å². The number of nitrogens with zero attached hydrogens (tertiary/aromatic N) is 1. The lowest BCUT2D eigenvalue weighted by Gasteiger charge is -2.29. The Bertz CT molecular complexity index is 900. The Hall–Kier alpha value is -1.99. The van der Waals surface area contributed by atoms with Crippen LogP contribution >= 0.6 is 27.7 Å². The Balaban J connectivity index is 1.66. The molecular formula is C25H31BrN2O3S. The van der Waals surface area contributed by atoms with Crippen LogP contribution in [0.2, 0.25) is 0 Å². The van der Waals surface area contributed by atoms with Gasteiger partial charge in [0.1, 0.15) is 11.8 Å². The van der Waals surface area contributed by atoms with Gasteiger partial charge in [0.2, 0.25) is 11.8 Å². The van der Waals surface area contributed by atoms with Crippen LogP contribution in [-0.4, -0.2) is 41.7 Å². The number of benzene rings is 2. The molecule has 32 heavy (non-hydrogen) atoms. The Morgan fingerprint density at radius 1 is 1.16 bits per heavy atom. The van der Waals surface area contributed by atoms with Gasteiger partial charge in [-0.25, -0.2) is 0 Å². The maximum absolute atomic E-state index is 13.2. The largest absolute Gasteiger partial charge is 0.497 e. The first kappa shape index (κ1) is 24.6. The smallest absolute Gasteiger partial charge is 0.242 e. The van der Waals surface area contributed by atoms with Crippen LogP contribution in [0.25, 0.3) is 0 Å². The second-order valence-corrected chi connectivity index (χ2v) is 10.1. The highest BCUT2D eigenvalue weighted by Crippen LogP contribution is 2.21. The first-order chi connectivity index (χ1) is 15.5. The van der Waals surface area contributed by atoms with E-state index in [1.807, 2.05) is 55.5 Å². The van der Waals surface area contributed by atoms with Gasteiger partial charge in [-0.1, -0.05) is 53.0 Å². The summed E-state index contributed by atoms with van der Waals surface area (Å²) in [4.78, 5) is 27.8. The number of hydrogen-bond acceptors (Lipinski definition) is 4. The molecular weight excluding hydrogens is 488 g/mol. The minimum Gasteiger partial charge on any atom is -0.497 e.